The van der Waals surface area contributed by atoms with Crippen LogP contribution >= 0.6 is 0 Å². The molecule has 100 valence electrons. The topological polar surface area (TPSA) is 43.1 Å². The quantitative estimate of drug-likeness (QED) is 0.423. The molecule has 1 amide bonds. The Hall–Kier alpha value is -0.790. The second-order valence-electron chi connectivity index (χ2n) is 4.87. The van der Waals surface area contributed by atoms with Gasteiger partial charge in [0.15, 0.2) is 0 Å². The van der Waals surface area contributed by atoms with Crippen LogP contribution in [-0.2, 0) is 4.79 Å². The molecule has 0 aliphatic heterocycles. The SMILES string of the molecule is CCCCCCCCCCC/C=C(\C)C(N)=O. The molecule has 2 heteroatoms. The molecule has 0 atom stereocenters. The van der Waals surface area contributed by atoms with E-state index in [0.29, 0.717) is 5.57 Å². The lowest BCUT2D eigenvalue weighted by Gasteiger charge is -2.01. The van der Waals surface area contributed by atoms with E-state index in [-0.39, 0.29) is 5.91 Å². The highest BCUT2D eigenvalue weighted by molar-refractivity contribution is 5.91. The van der Waals surface area contributed by atoms with Crippen molar-refractivity contribution in [1.29, 1.82) is 0 Å². The zero-order valence-corrected chi connectivity index (χ0v) is 11.6. The van der Waals surface area contributed by atoms with E-state index in [1.165, 1.54) is 57.8 Å². The van der Waals surface area contributed by atoms with Crippen LogP contribution in [0.25, 0.3) is 0 Å². The Morgan fingerprint density at radius 2 is 1.41 bits per heavy atom. The van der Waals surface area contributed by atoms with Gasteiger partial charge in [0, 0.05) is 5.57 Å². The number of hydrogen-bond donors (Lipinski definition) is 1. The lowest BCUT2D eigenvalue weighted by molar-refractivity contribution is -0.114. The van der Waals surface area contributed by atoms with Crippen LogP contribution in [0, 0.1) is 0 Å². The first-order chi connectivity index (χ1) is 8.18. The van der Waals surface area contributed by atoms with E-state index < -0.39 is 0 Å². The second kappa shape index (κ2) is 11.7. The number of allylic oxidation sites excluding steroid dienone is 1. The minimum atomic E-state index is -0.291. The van der Waals surface area contributed by atoms with Gasteiger partial charge in [-0.05, 0) is 19.8 Å². The summed E-state index contributed by atoms with van der Waals surface area (Å²) in [5.41, 5.74) is 5.85. The standard InChI is InChI=1S/C15H29NO/c1-3-4-5-6-7-8-9-10-11-12-13-14(2)15(16)17/h13H,3-12H2,1-2H3,(H2,16,17)/b14-13+. The Morgan fingerprint density at radius 1 is 0.941 bits per heavy atom. The largest absolute Gasteiger partial charge is 0.366 e. The van der Waals surface area contributed by atoms with Crippen LogP contribution in [0.1, 0.15) is 78.1 Å². The molecule has 0 saturated carbocycles. The average Bonchev–Trinajstić information content (AvgIpc) is 2.31. The number of rotatable bonds is 11. The van der Waals surface area contributed by atoms with E-state index >= 15 is 0 Å². The molecule has 0 fully saturated rings. The third-order valence-electron chi connectivity index (χ3n) is 3.15. The predicted octanol–water partition coefficient (Wildman–Crippen LogP) is 4.34. The third kappa shape index (κ3) is 11.5. The lowest BCUT2D eigenvalue weighted by atomic mass is 10.1. The lowest BCUT2D eigenvalue weighted by Crippen LogP contribution is -2.11. The van der Waals surface area contributed by atoms with Crippen molar-refractivity contribution in [3.63, 3.8) is 0 Å². The van der Waals surface area contributed by atoms with Gasteiger partial charge in [-0.1, -0.05) is 64.4 Å². The summed E-state index contributed by atoms with van der Waals surface area (Å²) in [6.07, 6.45) is 15.0. The van der Waals surface area contributed by atoms with Crippen molar-refractivity contribution in [3.05, 3.63) is 11.6 Å². The van der Waals surface area contributed by atoms with Crippen LogP contribution in [0.15, 0.2) is 11.6 Å². The average molecular weight is 239 g/mol. The van der Waals surface area contributed by atoms with Crippen LogP contribution in [0.5, 0.6) is 0 Å². The fraction of sp³-hybridized carbons (Fsp3) is 0.800. The zero-order valence-electron chi connectivity index (χ0n) is 11.6. The monoisotopic (exact) mass is 239 g/mol. The summed E-state index contributed by atoms with van der Waals surface area (Å²) in [6.45, 7) is 4.04. The van der Waals surface area contributed by atoms with Gasteiger partial charge in [0.2, 0.25) is 5.91 Å². The number of hydrogen-bond acceptors (Lipinski definition) is 1. The van der Waals surface area contributed by atoms with Gasteiger partial charge >= 0.3 is 0 Å². The zero-order chi connectivity index (χ0) is 12.9. The van der Waals surface area contributed by atoms with Crippen molar-refractivity contribution in [1.82, 2.24) is 0 Å². The number of carbonyl (C=O) groups is 1. The van der Waals surface area contributed by atoms with Crippen molar-refractivity contribution >= 4 is 5.91 Å². The van der Waals surface area contributed by atoms with Gasteiger partial charge in [-0.2, -0.15) is 0 Å². The van der Waals surface area contributed by atoms with Gasteiger partial charge in [0.25, 0.3) is 0 Å². The Labute approximate surface area is 107 Å². The van der Waals surface area contributed by atoms with Crippen LogP contribution < -0.4 is 5.73 Å². The number of nitrogens with two attached hydrogens (primary N) is 1. The fourth-order valence-electron chi connectivity index (χ4n) is 1.87. The Bertz CT molecular complexity index is 221. The fourth-order valence-corrected chi connectivity index (χ4v) is 1.87. The van der Waals surface area contributed by atoms with Crippen LogP contribution in [0.3, 0.4) is 0 Å². The van der Waals surface area contributed by atoms with Gasteiger partial charge < -0.3 is 5.73 Å². The highest BCUT2D eigenvalue weighted by atomic mass is 16.1. The minimum absolute atomic E-state index is 0.291. The van der Waals surface area contributed by atoms with Gasteiger partial charge in [-0.3, -0.25) is 4.79 Å². The van der Waals surface area contributed by atoms with Crippen molar-refractivity contribution in [2.24, 2.45) is 5.73 Å². The van der Waals surface area contributed by atoms with Crippen molar-refractivity contribution in [2.75, 3.05) is 0 Å². The Kier molecular flexibility index (Phi) is 11.1. The molecular formula is C15H29NO. The molecule has 2 nitrogen and oxygen atoms in total. The molecule has 0 saturated heterocycles. The van der Waals surface area contributed by atoms with Crippen molar-refractivity contribution < 1.29 is 4.79 Å². The maximum Gasteiger partial charge on any atom is 0.244 e. The number of carbonyl (C=O) groups excluding carboxylic acids is 1. The maximum atomic E-state index is 10.7. The van der Waals surface area contributed by atoms with Gasteiger partial charge in [-0.25, -0.2) is 0 Å². The van der Waals surface area contributed by atoms with Crippen molar-refractivity contribution in [2.45, 2.75) is 78.1 Å². The first-order valence-electron chi connectivity index (χ1n) is 7.15. The molecule has 0 heterocycles. The number of primary amides is 1. The molecule has 0 aromatic heterocycles. The normalized spacial score (nSPS) is 11.8. The molecule has 0 aromatic carbocycles. The molecule has 0 bridgehead atoms. The van der Waals surface area contributed by atoms with Crippen LogP contribution in [0.4, 0.5) is 0 Å². The summed E-state index contributed by atoms with van der Waals surface area (Å²) >= 11 is 0. The number of amides is 1. The van der Waals surface area contributed by atoms with Crippen molar-refractivity contribution in [3.8, 4) is 0 Å². The smallest absolute Gasteiger partial charge is 0.244 e. The summed E-state index contributed by atoms with van der Waals surface area (Å²) in [5.74, 6) is -0.291. The Balaban J connectivity index is 3.19. The van der Waals surface area contributed by atoms with Crippen LogP contribution in [-0.4, -0.2) is 5.91 Å². The summed E-state index contributed by atoms with van der Waals surface area (Å²) in [7, 11) is 0. The number of unbranched alkanes of at least 4 members (excludes halogenated alkanes) is 9. The van der Waals surface area contributed by atoms with Gasteiger partial charge in [0.05, 0.1) is 0 Å². The molecule has 0 unspecified atom stereocenters. The molecule has 0 radical (unpaired) electrons. The molecule has 17 heavy (non-hydrogen) atoms. The molecule has 0 aliphatic rings. The van der Waals surface area contributed by atoms with Gasteiger partial charge in [0.1, 0.15) is 0 Å². The molecule has 2 N–H and O–H groups in total. The highest BCUT2D eigenvalue weighted by Gasteiger charge is 1.95. The molecule has 0 spiro atoms. The molecule has 0 aliphatic carbocycles. The summed E-state index contributed by atoms with van der Waals surface area (Å²) in [6, 6.07) is 0. The molecule has 0 aromatic rings. The summed E-state index contributed by atoms with van der Waals surface area (Å²) < 4.78 is 0. The molecular weight excluding hydrogens is 210 g/mol. The molecule has 0 rings (SSSR count). The van der Waals surface area contributed by atoms with E-state index in [0.717, 1.165) is 6.42 Å². The van der Waals surface area contributed by atoms with E-state index in [9.17, 15) is 4.79 Å². The summed E-state index contributed by atoms with van der Waals surface area (Å²) in [4.78, 5) is 10.7. The van der Waals surface area contributed by atoms with Crippen LogP contribution in [0.2, 0.25) is 0 Å². The van der Waals surface area contributed by atoms with E-state index in [1.807, 2.05) is 6.08 Å². The Morgan fingerprint density at radius 3 is 1.88 bits per heavy atom. The third-order valence-corrected chi connectivity index (χ3v) is 3.15. The van der Waals surface area contributed by atoms with Gasteiger partial charge in [-0.15, -0.1) is 0 Å². The second-order valence-corrected chi connectivity index (χ2v) is 4.87. The summed E-state index contributed by atoms with van der Waals surface area (Å²) in [5, 5.41) is 0. The van der Waals surface area contributed by atoms with E-state index in [1.54, 1.807) is 6.92 Å². The minimum Gasteiger partial charge on any atom is -0.366 e. The highest BCUT2D eigenvalue weighted by Crippen LogP contribution is 2.11. The van der Waals surface area contributed by atoms with E-state index in [4.69, 9.17) is 5.73 Å². The first kappa shape index (κ1) is 16.2. The maximum absolute atomic E-state index is 10.7. The predicted molar refractivity (Wildman–Crippen MR) is 74.8 cm³/mol. The first-order valence-corrected chi connectivity index (χ1v) is 7.15. The van der Waals surface area contributed by atoms with E-state index in [2.05, 4.69) is 6.92 Å².